The lowest BCUT2D eigenvalue weighted by molar-refractivity contribution is -0.253. The minimum atomic E-state index is -0.680. The van der Waals surface area contributed by atoms with Gasteiger partial charge in [0.25, 0.3) is 0 Å². The van der Waals surface area contributed by atoms with Crippen molar-refractivity contribution in [1.82, 2.24) is 10.4 Å². The van der Waals surface area contributed by atoms with Gasteiger partial charge in [0.2, 0.25) is 0 Å². The summed E-state index contributed by atoms with van der Waals surface area (Å²) < 4.78 is 0. The van der Waals surface area contributed by atoms with Gasteiger partial charge >= 0.3 is 0 Å². The van der Waals surface area contributed by atoms with Crippen LogP contribution in [0.3, 0.4) is 0 Å². The molecule has 0 aliphatic rings. The molecule has 0 saturated carbocycles. The van der Waals surface area contributed by atoms with E-state index >= 15 is 0 Å². The molecule has 0 saturated heterocycles. The van der Waals surface area contributed by atoms with E-state index in [4.69, 9.17) is 10.2 Å². The van der Waals surface area contributed by atoms with Crippen molar-refractivity contribution in [2.75, 3.05) is 14.1 Å². The van der Waals surface area contributed by atoms with Crippen LogP contribution in [-0.4, -0.2) is 25.5 Å². The van der Waals surface area contributed by atoms with Crippen molar-refractivity contribution in [2.45, 2.75) is 26.5 Å². The third kappa shape index (κ3) is 2.71. The predicted octanol–water partition coefficient (Wildman–Crippen LogP) is 2.58. The highest BCUT2D eigenvalue weighted by Gasteiger charge is 2.45. The van der Waals surface area contributed by atoms with Crippen LogP contribution in [-0.2, 0) is 10.6 Å². The van der Waals surface area contributed by atoms with E-state index in [1.54, 1.807) is 7.05 Å². The summed E-state index contributed by atoms with van der Waals surface area (Å²) in [6.07, 6.45) is 1.15. The fourth-order valence-electron chi connectivity index (χ4n) is 2.10. The molecular weight excluding hydrogens is 226 g/mol. The van der Waals surface area contributed by atoms with Gasteiger partial charge in [0.1, 0.15) is 6.34 Å². The predicted molar refractivity (Wildman–Crippen MR) is 74.3 cm³/mol. The van der Waals surface area contributed by atoms with E-state index in [2.05, 4.69) is 26.1 Å². The van der Waals surface area contributed by atoms with Gasteiger partial charge in [0.15, 0.2) is 5.72 Å². The molecule has 1 rings (SSSR count). The number of nitrogens with one attached hydrogen (secondary N) is 2. The highest BCUT2D eigenvalue weighted by atomic mass is 16.7. The Kier molecular flexibility index (Phi) is 4.48. The largest absolute Gasteiger partial charge is 0.289 e. The molecule has 0 aliphatic carbocycles. The molecule has 4 nitrogen and oxygen atoms in total. The Labute approximate surface area is 109 Å². The van der Waals surface area contributed by atoms with Gasteiger partial charge in [0, 0.05) is 18.0 Å². The fourth-order valence-corrected chi connectivity index (χ4v) is 2.10. The first-order valence-electron chi connectivity index (χ1n) is 6.04. The van der Waals surface area contributed by atoms with E-state index in [0.717, 1.165) is 11.9 Å². The van der Waals surface area contributed by atoms with E-state index in [1.165, 1.54) is 5.06 Å². The van der Waals surface area contributed by atoms with Gasteiger partial charge in [-0.25, -0.2) is 9.90 Å². The SMILES string of the molecule is CNC(ON(C)C=N)(c1ccccc1)C(C)(C)C. The van der Waals surface area contributed by atoms with Crippen LogP contribution in [0.1, 0.15) is 26.3 Å². The first-order chi connectivity index (χ1) is 8.37. The van der Waals surface area contributed by atoms with Crippen molar-refractivity contribution in [3.05, 3.63) is 35.9 Å². The summed E-state index contributed by atoms with van der Waals surface area (Å²) in [6.45, 7) is 6.32. The molecule has 1 atom stereocenters. The molecule has 18 heavy (non-hydrogen) atoms. The number of benzene rings is 1. The van der Waals surface area contributed by atoms with Crippen molar-refractivity contribution < 1.29 is 4.84 Å². The van der Waals surface area contributed by atoms with Crippen LogP contribution in [0.2, 0.25) is 0 Å². The number of hydrogen-bond donors (Lipinski definition) is 2. The molecule has 0 spiro atoms. The average molecular weight is 249 g/mol. The van der Waals surface area contributed by atoms with Gasteiger partial charge in [-0.2, -0.15) is 0 Å². The summed E-state index contributed by atoms with van der Waals surface area (Å²) in [5.41, 5.74) is 0.176. The molecule has 0 aromatic heterocycles. The summed E-state index contributed by atoms with van der Waals surface area (Å²) in [5.74, 6) is 0. The van der Waals surface area contributed by atoms with Gasteiger partial charge in [-0.1, -0.05) is 51.1 Å². The first-order valence-corrected chi connectivity index (χ1v) is 6.04. The zero-order chi connectivity index (χ0) is 13.8. The Morgan fingerprint density at radius 2 is 1.78 bits per heavy atom. The summed E-state index contributed by atoms with van der Waals surface area (Å²) in [6, 6.07) is 10.0. The third-order valence-corrected chi connectivity index (χ3v) is 3.05. The van der Waals surface area contributed by atoms with Gasteiger partial charge in [-0.05, 0) is 7.05 Å². The molecular formula is C14H23N3O. The third-order valence-electron chi connectivity index (χ3n) is 3.05. The maximum Gasteiger partial charge on any atom is 0.177 e. The molecule has 0 heterocycles. The molecule has 0 bridgehead atoms. The maximum absolute atomic E-state index is 7.28. The lowest BCUT2D eigenvalue weighted by atomic mass is 9.78. The molecule has 0 amide bonds. The second kappa shape index (κ2) is 5.50. The van der Waals surface area contributed by atoms with Crippen molar-refractivity contribution in [2.24, 2.45) is 5.41 Å². The molecule has 100 valence electrons. The lowest BCUT2D eigenvalue weighted by Crippen LogP contribution is -2.55. The van der Waals surface area contributed by atoms with Crippen molar-refractivity contribution in [3.63, 3.8) is 0 Å². The molecule has 1 aromatic rings. The number of hydrogen-bond acceptors (Lipinski definition) is 3. The Hall–Kier alpha value is -1.39. The Balaban J connectivity index is 3.28. The Morgan fingerprint density at radius 1 is 1.22 bits per heavy atom. The molecule has 2 N–H and O–H groups in total. The summed E-state index contributed by atoms with van der Waals surface area (Å²) in [7, 11) is 3.59. The van der Waals surface area contributed by atoms with E-state index in [1.807, 2.05) is 37.4 Å². The highest BCUT2D eigenvalue weighted by molar-refractivity contribution is 5.48. The molecule has 1 unspecified atom stereocenters. The highest BCUT2D eigenvalue weighted by Crippen LogP contribution is 2.40. The van der Waals surface area contributed by atoms with Crippen LogP contribution in [0, 0.1) is 10.8 Å². The fraction of sp³-hybridized carbons (Fsp3) is 0.500. The normalized spacial score (nSPS) is 14.9. The number of nitrogens with zero attached hydrogens (tertiary/aromatic N) is 1. The quantitative estimate of drug-likeness (QED) is 0.365. The van der Waals surface area contributed by atoms with E-state index in [9.17, 15) is 0 Å². The molecule has 1 aromatic carbocycles. The van der Waals surface area contributed by atoms with Gasteiger partial charge < -0.3 is 0 Å². The van der Waals surface area contributed by atoms with Crippen molar-refractivity contribution in [1.29, 1.82) is 5.41 Å². The minimum Gasteiger partial charge on any atom is -0.289 e. The average Bonchev–Trinajstić information content (AvgIpc) is 2.35. The van der Waals surface area contributed by atoms with E-state index < -0.39 is 5.72 Å². The molecule has 4 heteroatoms. The number of hydroxylamine groups is 2. The summed E-state index contributed by atoms with van der Waals surface area (Å²) in [5, 5.41) is 12.0. The zero-order valence-corrected chi connectivity index (χ0v) is 11.8. The van der Waals surface area contributed by atoms with Gasteiger partial charge in [-0.15, -0.1) is 0 Å². The van der Waals surface area contributed by atoms with E-state index in [-0.39, 0.29) is 5.41 Å². The van der Waals surface area contributed by atoms with Gasteiger partial charge in [-0.3, -0.25) is 10.7 Å². The Bertz CT molecular complexity index is 386. The Morgan fingerprint density at radius 3 is 2.17 bits per heavy atom. The van der Waals surface area contributed by atoms with Crippen LogP contribution in [0.4, 0.5) is 0 Å². The number of rotatable bonds is 5. The standard InChI is InChI=1S/C14H23N3O/c1-13(2,3)14(16-4,18-17(5)11-15)12-9-7-6-8-10-12/h6-11,15-16H,1-5H3. The maximum atomic E-state index is 7.28. The zero-order valence-electron chi connectivity index (χ0n) is 11.8. The van der Waals surface area contributed by atoms with Crippen LogP contribution in [0.25, 0.3) is 0 Å². The summed E-state index contributed by atoms with van der Waals surface area (Å²) in [4.78, 5) is 5.97. The first kappa shape index (κ1) is 14.7. The van der Waals surface area contributed by atoms with Crippen LogP contribution < -0.4 is 5.32 Å². The topological polar surface area (TPSA) is 48.4 Å². The van der Waals surface area contributed by atoms with E-state index in [0.29, 0.717) is 0 Å². The van der Waals surface area contributed by atoms with Crippen LogP contribution >= 0.6 is 0 Å². The van der Waals surface area contributed by atoms with Crippen molar-refractivity contribution in [3.8, 4) is 0 Å². The monoisotopic (exact) mass is 249 g/mol. The van der Waals surface area contributed by atoms with Crippen molar-refractivity contribution >= 4 is 6.34 Å². The molecule has 0 radical (unpaired) electrons. The smallest absolute Gasteiger partial charge is 0.177 e. The minimum absolute atomic E-state index is 0.180. The van der Waals surface area contributed by atoms with Crippen LogP contribution in [0.5, 0.6) is 0 Å². The van der Waals surface area contributed by atoms with Gasteiger partial charge in [0.05, 0.1) is 0 Å². The molecule has 0 aliphatic heterocycles. The summed E-state index contributed by atoms with van der Waals surface area (Å²) >= 11 is 0. The molecule has 0 fully saturated rings. The second-order valence-corrected chi connectivity index (χ2v) is 5.31. The second-order valence-electron chi connectivity index (χ2n) is 5.31. The van der Waals surface area contributed by atoms with Crippen LogP contribution in [0.15, 0.2) is 30.3 Å². The lowest BCUT2D eigenvalue weighted by Gasteiger charge is -2.45.